The molecule has 134 valence electrons. The molecule has 0 bridgehead atoms. The van der Waals surface area contributed by atoms with Crippen LogP contribution < -0.4 is 4.74 Å². The lowest BCUT2D eigenvalue weighted by molar-refractivity contribution is 0.0726. The van der Waals surface area contributed by atoms with E-state index in [1.807, 2.05) is 7.05 Å². The quantitative estimate of drug-likeness (QED) is 0.854. The van der Waals surface area contributed by atoms with E-state index in [2.05, 4.69) is 18.4 Å². The van der Waals surface area contributed by atoms with Gasteiger partial charge in [-0.2, -0.15) is 0 Å². The Kier molecular flexibility index (Phi) is 4.79. The summed E-state index contributed by atoms with van der Waals surface area (Å²) >= 11 is 0. The third-order valence-corrected chi connectivity index (χ3v) is 4.58. The lowest BCUT2D eigenvalue weighted by atomic mass is 10.1. The van der Waals surface area contributed by atoms with Gasteiger partial charge in [-0.25, -0.2) is 9.37 Å². The first-order valence-corrected chi connectivity index (χ1v) is 8.69. The minimum atomic E-state index is -0.509. The molecule has 3 rings (SSSR count). The molecule has 25 heavy (non-hydrogen) atoms. The van der Waals surface area contributed by atoms with Crippen LogP contribution in [0.2, 0.25) is 0 Å². The Labute approximate surface area is 147 Å². The Morgan fingerprint density at radius 1 is 1.40 bits per heavy atom. The molecule has 6 heteroatoms. The molecule has 0 saturated heterocycles. The predicted molar refractivity (Wildman–Crippen MR) is 93.3 cm³/mol. The molecule has 1 aromatic heterocycles. The third-order valence-electron chi connectivity index (χ3n) is 4.58. The molecular formula is C19H24FN3O2. The van der Waals surface area contributed by atoms with E-state index in [0.29, 0.717) is 25.6 Å². The van der Waals surface area contributed by atoms with Crippen molar-refractivity contribution in [3.8, 4) is 5.75 Å². The molecule has 1 aliphatic heterocycles. The van der Waals surface area contributed by atoms with E-state index in [1.54, 1.807) is 17.9 Å². The Bertz CT molecular complexity index is 798. The maximum absolute atomic E-state index is 14.0. The lowest BCUT2D eigenvalue weighted by Crippen LogP contribution is -2.36. The van der Waals surface area contributed by atoms with Crippen LogP contribution in [0.25, 0.3) is 0 Å². The van der Waals surface area contributed by atoms with Gasteiger partial charge in [-0.15, -0.1) is 0 Å². The summed E-state index contributed by atoms with van der Waals surface area (Å²) in [6.07, 6.45) is 0.747. The molecule has 0 aliphatic carbocycles. The van der Waals surface area contributed by atoms with Gasteiger partial charge in [0.1, 0.15) is 5.82 Å². The molecule has 1 aliphatic rings. The molecule has 0 saturated carbocycles. The summed E-state index contributed by atoms with van der Waals surface area (Å²) in [7, 11) is 2.03. The molecule has 0 spiro atoms. The summed E-state index contributed by atoms with van der Waals surface area (Å²) in [6.45, 7) is 7.33. The summed E-state index contributed by atoms with van der Waals surface area (Å²) in [5.74, 6) is 0.660. The van der Waals surface area contributed by atoms with Gasteiger partial charge in [0.25, 0.3) is 5.91 Å². The highest BCUT2D eigenvalue weighted by Gasteiger charge is 2.28. The maximum Gasteiger partial charge on any atom is 0.258 e. The van der Waals surface area contributed by atoms with Crippen LogP contribution in [0.4, 0.5) is 4.39 Å². The van der Waals surface area contributed by atoms with Crippen molar-refractivity contribution in [2.24, 2.45) is 7.05 Å². The number of imidazole rings is 1. The number of rotatable bonds is 4. The van der Waals surface area contributed by atoms with Crippen molar-refractivity contribution < 1.29 is 13.9 Å². The number of aromatic nitrogens is 2. The number of carbonyl (C=O) groups excluding carboxylic acids is 1. The summed E-state index contributed by atoms with van der Waals surface area (Å²) in [4.78, 5) is 19.4. The Morgan fingerprint density at radius 3 is 2.84 bits per heavy atom. The molecule has 2 aromatic rings. The van der Waals surface area contributed by atoms with Gasteiger partial charge < -0.3 is 14.2 Å². The topological polar surface area (TPSA) is 47.4 Å². The van der Waals surface area contributed by atoms with Gasteiger partial charge in [-0.3, -0.25) is 4.79 Å². The van der Waals surface area contributed by atoms with Crippen molar-refractivity contribution in [3.05, 3.63) is 46.8 Å². The fraction of sp³-hybridized carbons (Fsp3) is 0.474. The zero-order valence-corrected chi connectivity index (χ0v) is 15.2. The second-order valence-corrected chi connectivity index (χ2v) is 6.60. The third kappa shape index (κ3) is 3.13. The Hall–Kier alpha value is -2.37. The number of hydrogen-bond acceptors (Lipinski definition) is 3. The first-order chi connectivity index (χ1) is 11.9. The molecule has 0 radical (unpaired) electrons. The number of hydrogen-bond donors (Lipinski definition) is 0. The first-order valence-electron chi connectivity index (χ1n) is 8.69. The normalized spacial score (nSPS) is 13.9. The van der Waals surface area contributed by atoms with E-state index in [0.717, 1.165) is 17.9 Å². The molecule has 1 amide bonds. The van der Waals surface area contributed by atoms with E-state index in [1.165, 1.54) is 17.8 Å². The molecule has 0 fully saturated rings. The second kappa shape index (κ2) is 6.86. The number of halogens is 1. The first kappa shape index (κ1) is 17.5. The van der Waals surface area contributed by atoms with Gasteiger partial charge in [-0.05, 0) is 19.1 Å². The zero-order chi connectivity index (χ0) is 18.1. The number of benzene rings is 1. The minimum absolute atomic E-state index is 0.0321. The van der Waals surface area contributed by atoms with Gasteiger partial charge in [0.15, 0.2) is 11.6 Å². The van der Waals surface area contributed by atoms with Gasteiger partial charge in [0.05, 0.1) is 24.4 Å². The van der Waals surface area contributed by atoms with Crippen LogP contribution in [-0.4, -0.2) is 33.5 Å². The fourth-order valence-corrected chi connectivity index (χ4v) is 3.38. The SMILES string of the molecule is CCOc1c(F)cccc1C(=O)N1CCc2c(nc(C(C)C)n2C)C1. The summed E-state index contributed by atoms with van der Waals surface area (Å²) in [5.41, 5.74) is 2.38. The van der Waals surface area contributed by atoms with Crippen LogP contribution >= 0.6 is 0 Å². The van der Waals surface area contributed by atoms with E-state index in [4.69, 9.17) is 9.72 Å². The van der Waals surface area contributed by atoms with Gasteiger partial charge in [0, 0.05) is 31.6 Å². The van der Waals surface area contributed by atoms with Crippen LogP contribution in [0.3, 0.4) is 0 Å². The number of nitrogens with zero attached hydrogens (tertiary/aromatic N) is 3. The number of carbonyl (C=O) groups is 1. The van der Waals surface area contributed by atoms with E-state index < -0.39 is 5.82 Å². The van der Waals surface area contributed by atoms with E-state index >= 15 is 0 Å². The second-order valence-electron chi connectivity index (χ2n) is 6.60. The Balaban J connectivity index is 1.89. The van der Waals surface area contributed by atoms with Crippen LogP contribution in [0.5, 0.6) is 5.75 Å². The summed E-state index contributed by atoms with van der Waals surface area (Å²) in [5, 5.41) is 0. The van der Waals surface area contributed by atoms with E-state index in [9.17, 15) is 9.18 Å². The average molecular weight is 345 g/mol. The molecule has 0 unspecified atom stereocenters. The minimum Gasteiger partial charge on any atom is -0.490 e. The summed E-state index contributed by atoms with van der Waals surface area (Å²) in [6, 6.07) is 4.46. The van der Waals surface area contributed by atoms with Gasteiger partial charge >= 0.3 is 0 Å². The lowest BCUT2D eigenvalue weighted by Gasteiger charge is -2.27. The van der Waals surface area contributed by atoms with Crippen molar-refractivity contribution >= 4 is 5.91 Å². The van der Waals surface area contributed by atoms with Crippen molar-refractivity contribution in [3.63, 3.8) is 0 Å². The maximum atomic E-state index is 14.0. The molecule has 2 heterocycles. The van der Waals surface area contributed by atoms with Gasteiger partial charge in [0.2, 0.25) is 0 Å². The molecule has 1 aromatic carbocycles. The number of fused-ring (bicyclic) bond motifs is 1. The Morgan fingerprint density at radius 2 is 2.16 bits per heavy atom. The average Bonchev–Trinajstić information content (AvgIpc) is 2.93. The van der Waals surface area contributed by atoms with Crippen LogP contribution in [0.15, 0.2) is 18.2 Å². The fourth-order valence-electron chi connectivity index (χ4n) is 3.38. The highest BCUT2D eigenvalue weighted by Crippen LogP contribution is 2.28. The molecule has 5 nitrogen and oxygen atoms in total. The van der Waals surface area contributed by atoms with Crippen molar-refractivity contribution in [1.82, 2.24) is 14.5 Å². The molecule has 0 atom stereocenters. The molecule has 0 N–H and O–H groups in total. The monoisotopic (exact) mass is 345 g/mol. The smallest absolute Gasteiger partial charge is 0.258 e. The van der Waals surface area contributed by atoms with Gasteiger partial charge in [-0.1, -0.05) is 19.9 Å². The highest BCUT2D eigenvalue weighted by molar-refractivity contribution is 5.97. The standard InChI is InChI=1S/C19H24FN3O2/c1-5-25-17-13(7-6-8-14(17)20)19(24)23-10-9-16-15(11-23)21-18(12(2)3)22(16)4/h6-8,12H,5,9-11H2,1-4H3. The van der Waals surface area contributed by atoms with Crippen molar-refractivity contribution in [2.75, 3.05) is 13.2 Å². The molecular weight excluding hydrogens is 321 g/mol. The van der Waals surface area contributed by atoms with Crippen molar-refractivity contribution in [2.45, 2.75) is 39.7 Å². The largest absolute Gasteiger partial charge is 0.490 e. The van der Waals surface area contributed by atoms with Crippen LogP contribution in [-0.2, 0) is 20.0 Å². The van der Waals surface area contributed by atoms with Crippen LogP contribution in [0, 0.1) is 5.82 Å². The highest BCUT2D eigenvalue weighted by atomic mass is 19.1. The van der Waals surface area contributed by atoms with E-state index in [-0.39, 0.29) is 17.2 Å². The zero-order valence-electron chi connectivity index (χ0n) is 15.2. The summed E-state index contributed by atoms with van der Waals surface area (Å²) < 4.78 is 21.5. The number of ether oxygens (including phenoxy) is 1. The van der Waals surface area contributed by atoms with Crippen molar-refractivity contribution in [1.29, 1.82) is 0 Å². The van der Waals surface area contributed by atoms with Crippen LogP contribution in [0.1, 0.15) is 54.3 Å². The predicted octanol–water partition coefficient (Wildman–Crippen LogP) is 3.28. The number of amides is 1. The number of para-hydroxylation sites is 1.